The molecule has 1 N–H and O–H groups in total. The van der Waals surface area contributed by atoms with Crippen LogP contribution in [0.1, 0.15) is 34.0 Å². The van der Waals surface area contributed by atoms with Crippen LogP contribution in [0, 0.1) is 6.92 Å². The fraction of sp³-hybridized carbons (Fsp3) is 0.238. The Hall–Kier alpha value is -2.79. The molecule has 0 saturated carbocycles. The van der Waals surface area contributed by atoms with E-state index in [0.29, 0.717) is 18.7 Å². The zero-order valence-electron chi connectivity index (χ0n) is 15.4. The number of aryl methyl sites for hydroxylation is 2. The number of carbonyl (C=O) groups excluding carboxylic acids is 1. The lowest BCUT2D eigenvalue weighted by atomic mass is 10.1. The number of halogens is 1. The van der Waals surface area contributed by atoms with Crippen LogP contribution in [0.2, 0.25) is 5.02 Å². The second-order valence-corrected chi connectivity index (χ2v) is 6.69. The standard InChI is InChI=1S/C21H22ClN3O2/c1-3-25-13-17(12-24-25)11-23-21(26)18-6-4-16(5-7-18)14-27-19-8-9-20(22)15(2)10-19/h4-10,12-13H,3,11,14H2,1-2H3,(H,23,26). The van der Waals surface area contributed by atoms with E-state index in [-0.39, 0.29) is 5.91 Å². The maximum Gasteiger partial charge on any atom is 0.251 e. The summed E-state index contributed by atoms with van der Waals surface area (Å²) in [5.41, 5.74) is 3.56. The predicted octanol–water partition coefficient (Wildman–Crippen LogP) is 4.37. The van der Waals surface area contributed by atoms with Crippen LogP contribution >= 0.6 is 11.6 Å². The molecule has 0 aliphatic heterocycles. The van der Waals surface area contributed by atoms with Crippen LogP contribution in [-0.4, -0.2) is 15.7 Å². The Labute approximate surface area is 163 Å². The van der Waals surface area contributed by atoms with Crippen molar-refractivity contribution in [2.75, 3.05) is 0 Å². The SMILES string of the molecule is CCn1cc(CNC(=O)c2ccc(COc3ccc(Cl)c(C)c3)cc2)cn1. The highest BCUT2D eigenvalue weighted by atomic mass is 35.5. The van der Waals surface area contributed by atoms with Crippen molar-refractivity contribution in [2.24, 2.45) is 0 Å². The maximum absolute atomic E-state index is 12.3. The van der Waals surface area contributed by atoms with E-state index in [1.165, 1.54) is 0 Å². The first-order valence-electron chi connectivity index (χ1n) is 8.82. The third kappa shape index (κ3) is 5.11. The minimum absolute atomic E-state index is 0.111. The van der Waals surface area contributed by atoms with Gasteiger partial charge in [0.2, 0.25) is 0 Å². The summed E-state index contributed by atoms with van der Waals surface area (Å²) < 4.78 is 7.61. The molecule has 1 amide bonds. The molecular formula is C21H22ClN3O2. The minimum atomic E-state index is -0.111. The van der Waals surface area contributed by atoms with Gasteiger partial charge in [-0.2, -0.15) is 5.10 Å². The molecule has 1 heterocycles. The molecule has 0 atom stereocenters. The average molecular weight is 384 g/mol. The topological polar surface area (TPSA) is 56.2 Å². The van der Waals surface area contributed by atoms with Gasteiger partial charge in [-0.1, -0.05) is 23.7 Å². The summed E-state index contributed by atoms with van der Waals surface area (Å²) in [5.74, 6) is 0.659. The van der Waals surface area contributed by atoms with Crippen molar-refractivity contribution in [1.82, 2.24) is 15.1 Å². The number of benzene rings is 2. The van der Waals surface area contributed by atoms with E-state index in [9.17, 15) is 4.79 Å². The fourth-order valence-corrected chi connectivity index (χ4v) is 2.70. The number of nitrogens with zero attached hydrogens (tertiary/aromatic N) is 2. The van der Waals surface area contributed by atoms with Gasteiger partial charge in [0.05, 0.1) is 6.20 Å². The van der Waals surface area contributed by atoms with E-state index in [1.54, 1.807) is 18.3 Å². The Morgan fingerprint density at radius 3 is 2.63 bits per heavy atom. The summed E-state index contributed by atoms with van der Waals surface area (Å²) in [6.07, 6.45) is 3.70. The zero-order chi connectivity index (χ0) is 19.2. The number of amides is 1. The van der Waals surface area contributed by atoms with Gasteiger partial charge < -0.3 is 10.1 Å². The highest BCUT2D eigenvalue weighted by Crippen LogP contribution is 2.21. The molecule has 1 aromatic heterocycles. The van der Waals surface area contributed by atoms with Crippen molar-refractivity contribution < 1.29 is 9.53 Å². The van der Waals surface area contributed by atoms with Crippen molar-refractivity contribution in [2.45, 2.75) is 33.5 Å². The van der Waals surface area contributed by atoms with Crippen LogP contribution in [0.3, 0.4) is 0 Å². The van der Waals surface area contributed by atoms with E-state index in [2.05, 4.69) is 10.4 Å². The summed E-state index contributed by atoms with van der Waals surface area (Å²) in [7, 11) is 0. The summed E-state index contributed by atoms with van der Waals surface area (Å²) in [5, 5.41) is 7.82. The first kappa shape index (κ1) is 19.0. The highest BCUT2D eigenvalue weighted by molar-refractivity contribution is 6.31. The number of rotatable bonds is 7. The summed E-state index contributed by atoms with van der Waals surface area (Å²) in [6.45, 7) is 5.66. The lowest BCUT2D eigenvalue weighted by Gasteiger charge is -2.09. The molecule has 27 heavy (non-hydrogen) atoms. The van der Waals surface area contributed by atoms with E-state index in [0.717, 1.165) is 34.0 Å². The molecule has 0 fully saturated rings. The molecule has 2 aromatic carbocycles. The van der Waals surface area contributed by atoms with E-state index >= 15 is 0 Å². The van der Waals surface area contributed by atoms with Crippen LogP contribution < -0.4 is 10.1 Å². The van der Waals surface area contributed by atoms with Gasteiger partial charge >= 0.3 is 0 Å². The molecule has 0 aliphatic rings. The Bertz CT molecular complexity index is 919. The first-order valence-corrected chi connectivity index (χ1v) is 9.20. The van der Waals surface area contributed by atoms with Crippen molar-refractivity contribution in [1.29, 1.82) is 0 Å². The molecule has 3 aromatic rings. The van der Waals surface area contributed by atoms with Gasteiger partial charge in [-0.15, -0.1) is 0 Å². The van der Waals surface area contributed by atoms with Crippen LogP contribution in [0.15, 0.2) is 54.9 Å². The number of hydrogen-bond donors (Lipinski definition) is 1. The Morgan fingerprint density at radius 2 is 1.96 bits per heavy atom. The van der Waals surface area contributed by atoms with Crippen molar-refractivity contribution in [3.63, 3.8) is 0 Å². The molecular weight excluding hydrogens is 362 g/mol. The Kier molecular flexibility index (Phi) is 6.14. The van der Waals surface area contributed by atoms with E-state index in [4.69, 9.17) is 16.3 Å². The molecule has 0 saturated heterocycles. The molecule has 6 heteroatoms. The highest BCUT2D eigenvalue weighted by Gasteiger charge is 2.07. The molecule has 0 spiro atoms. The molecule has 0 bridgehead atoms. The first-order chi connectivity index (χ1) is 13.0. The van der Waals surface area contributed by atoms with Crippen LogP contribution in [-0.2, 0) is 19.7 Å². The minimum Gasteiger partial charge on any atom is -0.489 e. The van der Waals surface area contributed by atoms with Crippen molar-refractivity contribution >= 4 is 17.5 Å². The van der Waals surface area contributed by atoms with Crippen molar-refractivity contribution in [3.05, 3.63) is 82.1 Å². The van der Waals surface area contributed by atoms with Gasteiger partial charge in [0, 0.05) is 35.4 Å². The normalized spacial score (nSPS) is 10.6. The van der Waals surface area contributed by atoms with Crippen LogP contribution in [0.4, 0.5) is 0 Å². The van der Waals surface area contributed by atoms with Gasteiger partial charge in [0.25, 0.3) is 5.91 Å². The third-order valence-corrected chi connectivity index (χ3v) is 4.64. The van der Waals surface area contributed by atoms with Crippen molar-refractivity contribution in [3.8, 4) is 5.75 Å². The van der Waals surface area contributed by atoms with Crippen LogP contribution in [0.5, 0.6) is 5.75 Å². The maximum atomic E-state index is 12.3. The van der Waals surface area contributed by atoms with E-state index in [1.807, 2.05) is 55.1 Å². The number of nitrogens with one attached hydrogen (secondary N) is 1. The number of aromatic nitrogens is 2. The van der Waals surface area contributed by atoms with Gasteiger partial charge in [-0.3, -0.25) is 9.48 Å². The second kappa shape index (κ2) is 8.73. The largest absolute Gasteiger partial charge is 0.489 e. The second-order valence-electron chi connectivity index (χ2n) is 6.28. The summed E-state index contributed by atoms with van der Waals surface area (Å²) >= 11 is 6.02. The quantitative estimate of drug-likeness (QED) is 0.659. The molecule has 3 rings (SSSR count). The average Bonchev–Trinajstić information content (AvgIpc) is 3.15. The predicted molar refractivity (Wildman–Crippen MR) is 106 cm³/mol. The zero-order valence-corrected chi connectivity index (χ0v) is 16.2. The third-order valence-electron chi connectivity index (χ3n) is 4.21. The number of hydrogen-bond acceptors (Lipinski definition) is 3. The lowest BCUT2D eigenvalue weighted by molar-refractivity contribution is 0.0951. The monoisotopic (exact) mass is 383 g/mol. The summed E-state index contributed by atoms with van der Waals surface area (Å²) in [4.78, 5) is 12.3. The smallest absolute Gasteiger partial charge is 0.251 e. The van der Waals surface area contributed by atoms with Crippen LogP contribution in [0.25, 0.3) is 0 Å². The summed E-state index contributed by atoms with van der Waals surface area (Å²) in [6, 6.07) is 13.0. The molecule has 0 aliphatic carbocycles. The number of carbonyl (C=O) groups is 1. The van der Waals surface area contributed by atoms with Gasteiger partial charge in [0.1, 0.15) is 12.4 Å². The van der Waals surface area contributed by atoms with E-state index < -0.39 is 0 Å². The Balaban J connectivity index is 1.52. The molecule has 0 radical (unpaired) electrons. The van der Waals surface area contributed by atoms with Gasteiger partial charge in [0.15, 0.2) is 0 Å². The number of ether oxygens (including phenoxy) is 1. The fourth-order valence-electron chi connectivity index (χ4n) is 2.58. The molecule has 0 unspecified atom stereocenters. The Morgan fingerprint density at radius 1 is 1.19 bits per heavy atom. The molecule has 140 valence electrons. The lowest BCUT2D eigenvalue weighted by Crippen LogP contribution is -2.22. The molecule has 5 nitrogen and oxygen atoms in total. The van der Waals surface area contributed by atoms with Gasteiger partial charge in [-0.25, -0.2) is 0 Å². The van der Waals surface area contributed by atoms with Gasteiger partial charge in [-0.05, 0) is 55.3 Å².